The molecule has 3 nitrogen and oxygen atoms in total. The van der Waals surface area contributed by atoms with Gasteiger partial charge >= 0.3 is 0 Å². The minimum atomic E-state index is -0.381. The van der Waals surface area contributed by atoms with E-state index in [2.05, 4.69) is 30.4 Å². The van der Waals surface area contributed by atoms with E-state index < -0.39 is 0 Å². The Hall–Kier alpha value is -1.61. The second kappa shape index (κ2) is 4.58. The molecule has 18 heavy (non-hydrogen) atoms. The van der Waals surface area contributed by atoms with Crippen LogP contribution in [0.3, 0.4) is 0 Å². The molecule has 94 valence electrons. The molecule has 1 amide bonds. The molecule has 0 radical (unpaired) electrons. The average molecular weight is 243 g/mol. The van der Waals surface area contributed by atoms with Crippen LogP contribution in [0.5, 0.6) is 0 Å². The van der Waals surface area contributed by atoms with E-state index in [1.165, 1.54) is 0 Å². The van der Waals surface area contributed by atoms with Crippen molar-refractivity contribution in [2.24, 2.45) is 23.5 Å². The van der Waals surface area contributed by atoms with Crippen molar-refractivity contribution in [2.75, 3.05) is 6.61 Å². The van der Waals surface area contributed by atoms with E-state index in [-0.39, 0.29) is 12.0 Å². The number of amides is 1. The summed E-state index contributed by atoms with van der Waals surface area (Å²) in [5, 5.41) is 0. The molecule has 3 heteroatoms. The molecule has 0 aromatic rings. The zero-order valence-electron chi connectivity index (χ0n) is 10.2. The highest BCUT2D eigenvalue weighted by Gasteiger charge is 2.35. The number of fused-ring (bicyclic) bond motifs is 3. The molecule has 2 N–H and O–H groups in total. The third kappa shape index (κ3) is 1.95. The number of carbonyl (C=O) groups is 1. The van der Waals surface area contributed by atoms with Gasteiger partial charge in [-0.1, -0.05) is 36.5 Å². The van der Waals surface area contributed by atoms with Gasteiger partial charge in [0.15, 0.2) is 0 Å². The van der Waals surface area contributed by atoms with Crippen LogP contribution in [0, 0.1) is 17.8 Å². The summed E-state index contributed by atoms with van der Waals surface area (Å²) in [6.45, 7) is 0.733. The van der Waals surface area contributed by atoms with Crippen LogP contribution in [0.1, 0.15) is 6.42 Å². The molecule has 0 aromatic heterocycles. The standard InChI is InChI=1S/C15H17NO2/c16-15(17)11-5-6-13-12-4-2-1-3-10(12)7-8-18-14(13)9-11/h1-6,9-10,12-14H,7-8H2,(H2,16,17). The molecule has 1 aliphatic heterocycles. The van der Waals surface area contributed by atoms with Crippen molar-refractivity contribution in [1.29, 1.82) is 0 Å². The molecule has 4 atom stereocenters. The molecule has 0 bridgehead atoms. The topological polar surface area (TPSA) is 52.3 Å². The molecule has 2 aliphatic carbocycles. The zero-order chi connectivity index (χ0) is 12.5. The van der Waals surface area contributed by atoms with Crippen molar-refractivity contribution in [3.8, 4) is 0 Å². The number of hydrogen-bond donors (Lipinski definition) is 1. The zero-order valence-corrected chi connectivity index (χ0v) is 10.2. The Labute approximate surface area is 107 Å². The molecule has 1 fully saturated rings. The molecule has 0 aromatic carbocycles. The number of hydrogen-bond acceptors (Lipinski definition) is 2. The lowest BCUT2D eigenvalue weighted by Crippen LogP contribution is -2.31. The fourth-order valence-electron chi connectivity index (χ4n) is 3.05. The summed E-state index contributed by atoms with van der Waals surface area (Å²) in [5.41, 5.74) is 5.88. The summed E-state index contributed by atoms with van der Waals surface area (Å²) in [4.78, 5) is 11.2. The maximum absolute atomic E-state index is 11.2. The first-order valence-electron chi connectivity index (χ1n) is 6.42. The van der Waals surface area contributed by atoms with Crippen molar-refractivity contribution < 1.29 is 9.53 Å². The molecule has 3 rings (SSSR count). The van der Waals surface area contributed by atoms with E-state index in [1.54, 1.807) is 0 Å². The van der Waals surface area contributed by atoms with Crippen molar-refractivity contribution in [3.63, 3.8) is 0 Å². The van der Waals surface area contributed by atoms with Crippen LogP contribution in [0.4, 0.5) is 0 Å². The maximum Gasteiger partial charge on any atom is 0.248 e. The van der Waals surface area contributed by atoms with Crippen LogP contribution in [0.25, 0.3) is 0 Å². The maximum atomic E-state index is 11.2. The lowest BCUT2D eigenvalue weighted by atomic mass is 9.74. The number of primary amides is 1. The van der Waals surface area contributed by atoms with Crippen molar-refractivity contribution in [3.05, 3.63) is 48.1 Å². The predicted molar refractivity (Wildman–Crippen MR) is 69.5 cm³/mol. The first-order chi connectivity index (χ1) is 8.75. The Morgan fingerprint density at radius 2 is 2.06 bits per heavy atom. The highest BCUT2D eigenvalue weighted by molar-refractivity contribution is 5.95. The number of carbonyl (C=O) groups excluding carboxylic acids is 1. The number of ether oxygens (including phenoxy) is 1. The molecule has 3 aliphatic rings. The molecular weight excluding hydrogens is 226 g/mol. The predicted octanol–water partition coefficient (Wildman–Crippen LogP) is 1.73. The Balaban J connectivity index is 1.90. The van der Waals surface area contributed by atoms with Gasteiger partial charge in [0.25, 0.3) is 0 Å². The highest BCUT2D eigenvalue weighted by Crippen LogP contribution is 2.38. The molecule has 1 heterocycles. The fourth-order valence-corrected chi connectivity index (χ4v) is 3.05. The summed E-state index contributed by atoms with van der Waals surface area (Å²) in [7, 11) is 0. The van der Waals surface area contributed by atoms with Crippen LogP contribution < -0.4 is 5.73 Å². The normalized spacial score (nSPS) is 37.4. The quantitative estimate of drug-likeness (QED) is 0.762. The van der Waals surface area contributed by atoms with Gasteiger partial charge in [-0.15, -0.1) is 0 Å². The van der Waals surface area contributed by atoms with E-state index in [1.807, 2.05) is 12.2 Å². The lowest BCUT2D eigenvalue weighted by molar-refractivity contribution is -0.114. The number of rotatable bonds is 1. The summed E-state index contributed by atoms with van der Waals surface area (Å²) in [5.74, 6) is 0.928. The van der Waals surface area contributed by atoms with Crippen molar-refractivity contribution >= 4 is 5.91 Å². The SMILES string of the molecule is NC(=O)C1=CC2OCCC3C=CC=CC3C2C=C1. The van der Waals surface area contributed by atoms with E-state index >= 15 is 0 Å². The van der Waals surface area contributed by atoms with Crippen LogP contribution in [-0.4, -0.2) is 18.6 Å². The van der Waals surface area contributed by atoms with Gasteiger partial charge in [0.1, 0.15) is 0 Å². The van der Waals surface area contributed by atoms with Gasteiger partial charge in [-0.05, 0) is 24.3 Å². The first kappa shape index (κ1) is 11.5. The van der Waals surface area contributed by atoms with Crippen LogP contribution in [-0.2, 0) is 9.53 Å². The lowest BCUT2D eigenvalue weighted by Gasteiger charge is -2.31. The average Bonchev–Trinajstić information content (AvgIpc) is 2.57. The van der Waals surface area contributed by atoms with E-state index in [0.717, 1.165) is 13.0 Å². The van der Waals surface area contributed by atoms with Crippen LogP contribution >= 0.6 is 0 Å². The molecule has 4 unspecified atom stereocenters. The third-order valence-corrected chi connectivity index (χ3v) is 4.01. The van der Waals surface area contributed by atoms with Gasteiger partial charge in [-0.3, -0.25) is 4.79 Å². The summed E-state index contributed by atoms with van der Waals surface area (Å²) in [6.07, 6.45) is 15.5. The van der Waals surface area contributed by atoms with Gasteiger partial charge in [0.05, 0.1) is 6.10 Å². The molecule has 0 spiro atoms. The Bertz CT molecular complexity index is 473. The van der Waals surface area contributed by atoms with Crippen LogP contribution in [0.2, 0.25) is 0 Å². The summed E-state index contributed by atoms with van der Waals surface area (Å²) >= 11 is 0. The number of nitrogens with two attached hydrogens (primary N) is 1. The summed E-state index contributed by atoms with van der Waals surface area (Å²) < 4.78 is 5.88. The monoisotopic (exact) mass is 243 g/mol. The number of allylic oxidation sites excluding steroid dienone is 4. The van der Waals surface area contributed by atoms with Gasteiger partial charge < -0.3 is 10.5 Å². The van der Waals surface area contributed by atoms with Gasteiger partial charge in [0.2, 0.25) is 5.91 Å². The van der Waals surface area contributed by atoms with Crippen molar-refractivity contribution in [1.82, 2.24) is 0 Å². The third-order valence-electron chi connectivity index (χ3n) is 4.01. The Morgan fingerprint density at radius 1 is 1.22 bits per heavy atom. The molecule has 0 saturated carbocycles. The minimum Gasteiger partial charge on any atom is -0.373 e. The minimum absolute atomic E-state index is 0.0244. The second-order valence-electron chi connectivity index (χ2n) is 5.06. The smallest absolute Gasteiger partial charge is 0.248 e. The van der Waals surface area contributed by atoms with Crippen LogP contribution in [0.15, 0.2) is 48.1 Å². The fraction of sp³-hybridized carbons (Fsp3) is 0.400. The highest BCUT2D eigenvalue weighted by atomic mass is 16.5. The van der Waals surface area contributed by atoms with Gasteiger partial charge in [0, 0.05) is 18.1 Å². The molecule has 1 saturated heterocycles. The molecular formula is C15H17NO2. The first-order valence-corrected chi connectivity index (χ1v) is 6.42. The summed E-state index contributed by atoms with van der Waals surface area (Å²) in [6, 6.07) is 0. The van der Waals surface area contributed by atoms with E-state index in [0.29, 0.717) is 23.3 Å². The Morgan fingerprint density at radius 3 is 2.89 bits per heavy atom. The Kier molecular flexibility index (Phi) is 2.92. The second-order valence-corrected chi connectivity index (χ2v) is 5.06. The largest absolute Gasteiger partial charge is 0.373 e. The van der Waals surface area contributed by atoms with Gasteiger partial charge in [-0.2, -0.15) is 0 Å². The van der Waals surface area contributed by atoms with E-state index in [9.17, 15) is 4.79 Å². The van der Waals surface area contributed by atoms with Crippen molar-refractivity contribution in [2.45, 2.75) is 12.5 Å². The van der Waals surface area contributed by atoms with Gasteiger partial charge in [-0.25, -0.2) is 0 Å². The van der Waals surface area contributed by atoms with E-state index in [4.69, 9.17) is 10.5 Å².